The van der Waals surface area contributed by atoms with Crippen LogP contribution >= 0.6 is 0 Å². The van der Waals surface area contributed by atoms with Crippen LogP contribution < -0.4 is 5.73 Å². The van der Waals surface area contributed by atoms with E-state index < -0.39 is 23.2 Å². The summed E-state index contributed by atoms with van der Waals surface area (Å²) in [5, 5.41) is 9.16. The largest absolute Gasteiger partial charge is 0.369 e. The molecule has 2 aromatic carbocycles. The molecule has 8 heteroatoms. The van der Waals surface area contributed by atoms with Gasteiger partial charge in [-0.15, -0.1) is 0 Å². The predicted molar refractivity (Wildman–Crippen MR) is 102 cm³/mol. The van der Waals surface area contributed by atoms with E-state index in [-0.39, 0.29) is 23.0 Å². The van der Waals surface area contributed by atoms with Crippen molar-refractivity contribution in [2.45, 2.75) is 31.2 Å². The van der Waals surface area contributed by atoms with Gasteiger partial charge in [0.1, 0.15) is 17.4 Å². The number of amides is 1. The highest BCUT2D eigenvalue weighted by molar-refractivity contribution is 6.02. The van der Waals surface area contributed by atoms with Gasteiger partial charge in [-0.2, -0.15) is 5.26 Å². The van der Waals surface area contributed by atoms with Gasteiger partial charge in [0, 0.05) is 19.5 Å². The molecule has 0 radical (unpaired) electrons. The lowest BCUT2D eigenvalue weighted by Crippen LogP contribution is -2.52. The molecule has 3 rings (SSSR count). The van der Waals surface area contributed by atoms with Crippen LogP contribution in [-0.2, 0) is 16.3 Å². The van der Waals surface area contributed by atoms with Crippen molar-refractivity contribution in [3.05, 3.63) is 70.5 Å². The second-order valence-corrected chi connectivity index (χ2v) is 7.26. The summed E-state index contributed by atoms with van der Waals surface area (Å²) >= 11 is 0. The SMILES string of the molecule is CN1C(=O)[C@H](c2ccc(C(C)(F)F)cc2)[C@@](C)(c2ccc(F)c(C#N)c2)N=C1N. The molecule has 0 aliphatic carbocycles. The van der Waals surface area contributed by atoms with Crippen LogP contribution in [0.3, 0.4) is 0 Å². The number of hydrogen-bond donors (Lipinski definition) is 1. The molecule has 1 amide bonds. The van der Waals surface area contributed by atoms with Crippen LogP contribution in [0.2, 0.25) is 0 Å². The quantitative estimate of drug-likeness (QED) is 0.855. The molecule has 0 bridgehead atoms. The monoisotopic (exact) mass is 400 g/mol. The molecule has 5 nitrogen and oxygen atoms in total. The van der Waals surface area contributed by atoms with Crippen molar-refractivity contribution < 1.29 is 18.0 Å². The maximum absolute atomic E-state index is 13.8. The molecular weight excluding hydrogens is 381 g/mol. The van der Waals surface area contributed by atoms with Gasteiger partial charge < -0.3 is 5.73 Å². The average Bonchev–Trinajstić information content (AvgIpc) is 2.66. The number of nitrogens with two attached hydrogens (primary N) is 1. The number of likely N-dealkylation sites (N-methyl/N-ethyl adjacent to an activating group) is 1. The molecular formula is C21H19F3N4O. The molecule has 2 aromatic rings. The Kier molecular flexibility index (Phi) is 4.87. The number of aliphatic imine (C=N–C) groups is 1. The summed E-state index contributed by atoms with van der Waals surface area (Å²) in [4.78, 5) is 18.8. The molecule has 0 spiro atoms. The lowest BCUT2D eigenvalue weighted by atomic mass is 9.74. The first-order valence-electron chi connectivity index (χ1n) is 8.80. The number of rotatable bonds is 3. The molecule has 1 heterocycles. The molecule has 0 fully saturated rings. The second-order valence-electron chi connectivity index (χ2n) is 7.26. The molecule has 0 aromatic heterocycles. The number of hydrogen-bond acceptors (Lipinski definition) is 4. The first kappa shape index (κ1) is 20.4. The third-order valence-electron chi connectivity index (χ3n) is 5.25. The highest BCUT2D eigenvalue weighted by Gasteiger charge is 2.47. The van der Waals surface area contributed by atoms with E-state index >= 15 is 0 Å². The van der Waals surface area contributed by atoms with Crippen molar-refractivity contribution in [1.29, 1.82) is 5.26 Å². The van der Waals surface area contributed by atoms with E-state index in [9.17, 15) is 18.0 Å². The Morgan fingerprint density at radius 3 is 2.41 bits per heavy atom. The summed E-state index contributed by atoms with van der Waals surface area (Å²) in [6.07, 6.45) is 0. The Hall–Kier alpha value is -3.34. The number of carbonyl (C=O) groups is 1. The zero-order valence-electron chi connectivity index (χ0n) is 16.1. The lowest BCUT2D eigenvalue weighted by molar-refractivity contribution is -0.130. The van der Waals surface area contributed by atoms with Crippen LogP contribution in [0, 0.1) is 17.1 Å². The van der Waals surface area contributed by atoms with E-state index in [1.54, 1.807) is 13.0 Å². The summed E-state index contributed by atoms with van der Waals surface area (Å²) in [5.41, 5.74) is 5.15. The first-order chi connectivity index (χ1) is 13.5. The third kappa shape index (κ3) is 3.44. The van der Waals surface area contributed by atoms with Crippen molar-refractivity contribution >= 4 is 11.9 Å². The summed E-state index contributed by atoms with van der Waals surface area (Å²) in [5.74, 6) is -5.04. The highest BCUT2D eigenvalue weighted by atomic mass is 19.3. The lowest BCUT2D eigenvalue weighted by Gasteiger charge is -2.41. The van der Waals surface area contributed by atoms with E-state index in [2.05, 4.69) is 4.99 Å². The van der Waals surface area contributed by atoms with Gasteiger partial charge >= 0.3 is 0 Å². The number of carbonyl (C=O) groups excluding carboxylic acids is 1. The standard InChI is InChI=1S/C21H19F3N4O/c1-20(15-8-9-16(22)13(10-15)11-25)17(18(29)28(3)19(26)27-20)12-4-6-14(7-5-12)21(2,23)24/h4-10,17H,1-3H3,(H2,26,27)/t17-,20+/m0/s1. The van der Waals surface area contributed by atoms with Crippen LogP contribution in [0.4, 0.5) is 13.2 Å². The third-order valence-corrected chi connectivity index (χ3v) is 5.25. The Bertz CT molecular complexity index is 1040. The maximum Gasteiger partial charge on any atom is 0.270 e. The van der Waals surface area contributed by atoms with Gasteiger partial charge in [0.05, 0.1) is 11.5 Å². The van der Waals surface area contributed by atoms with Gasteiger partial charge in [0.25, 0.3) is 5.92 Å². The number of nitriles is 1. The molecule has 150 valence electrons. The van der Waals surface area contributed by atoms with Crippen LogP contribution in [0.5, 0.6) is 0 Å². The van der Waals surface area contributed by atoms with Crippen molar-refractivity contribution in [1.82, 2.24) is 4.90 Å². The molecule has 2 N–H and O–H groups in total. The minimum Gasteiger partial charge on any atom is -0.369 e. The maximum atomic E-state index is 13.8. The van der Waals surface area contributed by atoms with Crippen molar-refractivity contribution in [3.8, 4) is 6.07 Å². The van der Waals surface area contributed by atoms with Gasteiger partial charge in [-0.25, -0.2) is 18.2 Å². The minimum absolute atomic E-state index is 0.0340. The van der Waals surface area contributed by atoms with Crippen LogP contribution in [-0.4, -0.2) is 23.8 Å². The fourth-order valence-corrected chi connectivity index (χ4v) is 3.52. The second kappa shape index (κ2) is 6.92. The number of guanidine groups is 1. The topological polar surface area (TPSA) is 82.5 Å². The number of nitrogens with zero attached hydrogens (tertiary/aromatic N) is 3. The fraction of sp³-hybridized carbons (Fsp3) is 0.286. The Morgan fingerprint density at radius 1 is 1.24 bits per heavy atom. The summed E-state index contributed by atoms with van der Waals surface area (Å²) in [7, 11) is 1.47. The number of alkyl halides is 2. The van der Waals surface area contributed by atoms with Crippen LogP contribution in [0.25, 0.3) is 0 Å². The summed E-state index contributed by atoms with van der Waals surface area (Å²) in [6.45, 7) is 2.44. The number of halogens is 3. The van der Waals surface area contributed by atoms with Crippen molar-refractivity contribution in [2.24, 2.45) is 10.7 Å². The molecule has 1 aliphatic rings. The summed E-state index contributed by atoms with van der Waals surface area (Å²) < 4.78 is 41.0. The van der Waals surface area contributed by atoms with Crippen LogP contribution in [0.15, 0.2) is 47.5 Å². The van der Waals surface area contributed by atoms with Crippen LogP contribution in [0.1, 0.15) is 42.0 Å². The molecule has 29 heavy (non-hydrogen) atoms. The molecule has 0 saturated heterocycles. The smallest absolute Gasteiger partial charge is 0.270 e. The molecule has 1 aliphatic heterocycles. The predicted octanol–water partition coefficient (Wildman–Crippen LogP) is 3.59. The van der Waals surface area contributed by atoms with E-state index in [1.807, 2.05) is 0 Å². The normalized spacial score (nSPS) is 22.2. The van der Waals surface area contributed by atoms with E-state index in [0.29, 0.717) is 11.1 Å². The van der Waals surface area contributed by atoms with Gasteiger partial charge in [-0.05, 0) is 30.2 Å². The van der Waals surface area contributed by atoms with Gasteiger partial charge in [-0.3, -0.25) is 9.69 Å². The zero-order valence-corrected chi connectivity index (χ0v) is 16.1. The number of benzene rings is 2. The average molecular weight is 400 g/mol. The van der Waals surface area contributed by atoms with Gasteiger partial charge in [0.15, 0.2) is 5.96 Å². The molecule has 2 atom stereocenters. The van der Waals surface area contributed by atoms with Gasteiger partial charge in [0.2, 0.25) is 5.91 Å². The van der Waals surface area contributed by atoms with E-state index in [0.717, 1.165) is 13.0 Å². The Morgan fingerprint density at radius 2 is 1.86 bits per heavy atom. The zero-order chi connectivity index (χ0) is 21.6. The van der Waals surface area contributed by atoms with Crippen molar-refractivity contribution in [3.63, 3.8) is 0 Å². The highest BCUT2D eigenvalue weighted by Crippen LogP contribution is 2.44. The Balaban J connectivity index is 2.19. The van der Waals surface area contributed by atoms with Crippen molar-refractivity contribution in [2.75, 3.05) is 7.05 Å². The van der Waals surface area contributed by atoms with Gasteiger partial charge in [-0.1, -0.05) is 30.3 Å². The fourth-order valence-electron chi connectivity index (χ4n) is 3.52. The minimum atomic E-state index is -3.02. The summed E-state index contributed by atoms with van der Waals surface area (Å²) in [6, 6.07) is 11.1. The van der Waals surface area contributed by atoms with E-state index in [4.69, 9.17) is 11.0 Å². The van der Waals surface area contributed by atoms with E-state index in [1.165, 1.54) is 48.3 Å². The molecule has 0 saturated carbocycles. The Labute approximate surface area is 166 Å². The molecule has 0 unspecified atom stereocenters. The first-order valence-corrected chi connectivity index (χ1v) is 8.80.